The average molecular weight is 421 g/mol. The molecule has 0 spiro atoms. The molecule has 2 aromatic rings. The van der Waals surface area contributed by atoms with E-state index in [0.717, 1.165) is 4.68 Å². The highest BCUT2D eigenvalue weighted by atomic mass is 32.2. The van der Waals surface area contributed by atoms with E-state index in [-0.39, 0.29) is 41.7 Å². The van der Waals surface area contributed by atoms with Crippen LogP contribution in [0.4, 0.5) is 4.39 Å². The van der Waals surface area contributed by atoms with E-state index < -0.39 is 15.4 Å². The molecule has 3 rings (SSSR count). The first-order valence-electron chi connectivity index (χ1n) is 9.48. The fraction of sp³-hybridized carbons (Fsp3) is 0.450. The zero-order chi connectivity index (χ0) is 21.2. The third-order valence-corrected chi connectivity index (χ3v) is 6.57. The number of hydrogen-bond donors (Lipinski definition) is 0. The highest BCUT2D eigenvalue weighted by Gasteiger charge is 2.35. The molecule has 1 aliphatic rings. The molecule has 0 N–H and O–H groups in total. The predicted octanol–water partition coefficient (Wildman–Crippen LogP) is 1.72. The molecule has 0 bridgehead atoms. The Balaban J connectivity index is 1.84. The summed E-state index contributed by atoms with van der Waals surface area (Å²) in [4.78, 5) is 26.8. The van der Waals surface area contributed by atoms with E-state index in [9.17, 15) is 22.4 Å². The van der Waals surface area contributed by atoms with Gasteiger partial charge in [-0.05, 0) is 42.7 Å². The molecule has 1 amide bonds. The summed E-state index contributed by atoms with van der Waals surface area (Å²) in [7, 11) is -3.15. The van der Waals surface area contributed by atoms with Gasteiger partial charge >= 0.3 is 0 Å². The molecule has 1 aliphatic heterocycles. The van der Waals surface area contributed by atoms with Crippen molar-refractivity contribution in [1.82, 2.24) is 14.7 Å². The van der Waals surface area contributed by atoms with Gasteiger partial charge in [-0.1, -0.05) is 13.8 Å². The highest BCUT2D eigenvalue weighted by Crippen LogP contribution is 2.20. The summed E-state index contributed by atoms with van der Waals surface area (Å²) in [6.45, 7) is 4.02. The molecule has 0 radical (unpaired) electrons. The van der Waals surface area contributed by atoms with Crippen molar-refractivity contribution in [3.05, 3.63) is 52.6 Å². The van der Waals surface area contributed by atoms with Crippen LogP contribution in [0.15, 0.2) is 41.2 Å². The molecule has 29 heavy (non-hydrogen) atoms. The summed E-state index contributed by atoms with van der Waals surface area (Å²) in [6.07, 6.45) is 0.402. The van der Waals surface area contributed by atoms with E-state index in [1.807, 2.05) is 13.8 Å². The highest BCUT2D eigenvalue weighted by molar-refractivity contribution is 7.91. The van der Waals surface area contributed by atoms with Crippen LogP contribution in [0.5, 0.6) is 0 Å². The standard InChI is InChI=1S/C20H24FN3O4S/c1-14(2)11-23(17-9-10-29(27,28)13-17)20(26)12-24-19(25)8-7-18(22-24)15-3-5-16(21)6-4-15/h3-8,14,17H,9-13H2,1-2H3/t17-/m1/s1. The average Bonchev–Trinajstić information content (AvgIpc) is 3.01. The summed E-state index contributed by atoms with van der Waals surface area (Å²) < 4.78 is 37.9. The molecule has 2 heterocycles. The second kappa shape index (κ2) is 8.44. The number of amides is 1. The lowest BCUT2D eigenvalue weighted by Crippen LogP contribution is -2.46. The maximum atomic E-state index is 13.1. The largest absolute Gasteiger partial charge is 0.337 e. The lowest BCUT2D eigenvalue weighted by atomic mass is 10.1. The van der Waals surface area contributed by atoms with Crippen LogP contribution in [0.3, 0.4) is 0 Å². The van der Waals surface area contributed by atoms with Gasteiger partial charge in [-0.15, -0.1) is 0 Å². The third kappa shape index (κ3) is 5.29. The lowest BCUT2D eigenvalue weighted by Gasteiger charge is -2.30. The first-order valence-corrected chi connectivity index (χ1v) is 11.3. The normalized spacial score (nSPS) is 18.1. The van der Waals surface area contributed by atoms with Gasteiger partial charge < -0.3 is 4.90 Å². The minimum Gasteiger partial charge on any atom is -0.337 e. The van der Waals surface area contributed by atoms with E-state index >= 15 is 0 Å². The molecule has 0 saturated carbocycles. The number of halogens is 1. The predicted molar refractivity (Wildman–Crippen MR) is 108 cm³/mol. The smallest absolute Gasteiger partial charge is 0.267 e. The van der Waals surface area contributed by atoms with Gasteiger partial charge in [-0.2, -0.15) is 5.10 Å². The summed E-state index contributed by atoms with van der Waals surface area (Å²) in [5.41, 5.74) is 0.623. The Morgan fingerprint density at radius 2 is 1.93 bits per heavy atom. The fourth-order valence-electron chi connectivity index (χ4n) is 3.42. The molecule has 7 nitrogen and oxygen atoms in total. The Kier molecular flexibility index (Phi) is 6.16. The van der Waals surface area contributed by atoms with E-state index in [1.54, 1.807) is 17.0 Å². The van der Waals surface area contributed by atoms with Crippen molar-refractivity contribution in [2.45, 2.75) is 32.9 Å². The molecule has 1 aromatic heterocycles. The van der Waals surface area contributed by atoms with Gasteiger partial charge in [0.05, 0.1) is 17.2 Å². The van der Waals surface area contributed by atoms with Gasteiger partial charge in [0, 0.05) is 24.2 Å². The number of carbonyl (C=O) groups excluding carboxylic acids is 1. The number of aromatic nitrogens is 2. The maximum absolute atomic E-state index is 13.1. The topological polar surface area (TPSA) is 89.3 Å². The first kappa shape index (κ1) is 21.2. The molecule has 9 heteroatoms. The third-order valence-electron chi connectivity index (χ3n) is 4.82. The van der Waals surface area contributed by atoms with Gasteiger partial charge in [-0.3, -0.25) is 9.59 Å². The van der Waals surface area contributed by atoms with Gasteiger partial charge in [-0.25, -0.2) is 17.5 Å². The van der Waals surface area contributed by atoms with Crippen molar-refractivity contribution < 1.29 is 17.6 Å². The summed E-state index contributed by atoms with van der Waals surface area (Å²) in [6, 6.07) is 8.12. The molecule has 1 saturated heterocycles. The lowest BCUT2D eigenvalue weighted by molar-refractivity contribution is -0.134. The second-order valence-corrected chi connectivity index (χ2v) is 9.95. The number of benzene rings is 1. The SMILES string of the molecule is CC(C)CN(C(=O)Cn1nc(-c2ccc(F)cc2)ccc1=O)[C@@H]1CCS(=O)(=O)C1. The molecule has 1 fully saturated rings. The van der Waals surface area contributed by atoms with Gasteiger partial charge in [0.25, 0.3) is 5.56 Å². The number of sulfone groups is 1. The zero-order valence-electron chi connectivity index (χ0n) is 16.4. The minimum absolute atomic E-state index is 0.0522. The fourth-order valence-corrected chi connectivity index (χ4v) is 5.16. The van der Waals surface area contributed by atoms with Crippen LogP contribution in [0, 0.1) is 11.7 Å². The van der Waals surface area contributed by atoms with Crippen molar-refractivity contribution in [2.75, 3.05) is 18.1 Å². The molecule has 1 aromatic carbocycles. The first-order chi connectivity index (χ1) is 13.6. The Bertz CT molecular complexity index is 1050. The maximum Gasteiger partial charge on any atom is 0.267 e. The van der Waals surface area contributed by atoms with E-state index in [2.05, 4.69) is 5.10 Å². The Morgan fingerprint density at radius 1 is 1.24 bits per heavy atom. The molecule has 1 atom stereocenters. The van der Waals surface area contributed by atoms with Crippen LogP contribution in [0.1, 0.15) is 20.3 Å². The van der Waals surface area contributed by atoms with Gasteiger partial charge in [0.15, 0.2) is 9.84 Å². The molecular formula is C20H24FN3O4S. The van der Waals surface area contributed by atoms with Crippen LogP contribution >= 0.6 is 0 Å². The molecule has 0 aliphatic carbocycles. The number of carbonyl (C=O) groups is 1. The van der Waals surface area contributed by atoms with E-state index in [0.29, 0.717) is 24.2 Å². The van der Waals surface area contributed by atoms with Crippen LogP contribution in [0.2, 0.25) is 0 Å². The number of rotatable bonds is 6. The number of hydrogen-bond acceptors (Lipinski definition) is 5. The number of nitrogens with zero attached hydrogens (tertiary/aromatic N) is 3. The van der Waals surface area contributed by atoms with E-state index in [1.165, 1.54) is 24.3 Å². The zero-order valence-corrected chi connectivity index (χ0v) is 17.2. The van der Waals surface area contributed by atoms with Crippen molar-refractivity contribution in [3.8, 4) is 11.3 Å². The van der Waals surface area contributed by atoms with Crippen LogP contribution < -0.4 is 5.56 Å². The minimum atomic E-state index is -3.15. The summed E-state index contributed by atoms with van der Waals surface area (Å²) >= 11 is 0. The Labute approximate surface area is 169 Å². The van der Waals surface area contributed by atoms with Crippen molar-refractivity contribution in [2.24, 2.45) is 5.92 Å². The molecular weight excluding hydrogens is 397 g/mol. The second-order valence-electron chi connectivity index (χ2n) is 7.72. The Hall–Kier alpha value is -2.55. The molecule has 156 valence electrons. The quantitative estimate of drug-likeness (QED) is 0.709. The Morgan fingerprint density at radius 3 is 2.52 bits per heavy atom. The molecule has 0 unspecified atom stereocenters. The van der Waals surface area contributed by atoms with Crippen LogP contribution in [0.25, 0.3) is 11.3 Å². The van der Waals surface area contributed by atoms with Crippen LogP contribution in [-0.2, 0) is 21.2 Å². The summed E-state index contributed by atoms with van der Waals surface area (Å²) in [5.74, 6) is -0.557. The monoisotopic (exact) mass is 421 g/mol. The van der Waals surface area contributed by atoms with Crippen molar-refractivity contribution >= 4 is 15.7 Å². The summed E-state index contributed by atoms with van der Waals surface area (Å²) in [5, 5.41) is 4.24. The van der Waals surface area contributed by atoms with E-state index in [4.69, 9.17) is 0 Å². The van der Waals surface area contributed by atoms with Gasteiger partial charge in [0.2, 0.25) is 5.91 Å². The van der Waals surface area contributed by atoms with Crippen LogP contribution in [-0.4, -0.2) is 53.1 Å². The van der Waals surface area contributed by atoms with Crippen molar-refractivity contribution in [1.29, 1.82) is 0 Å². The van der Waals surface area contributed by atoms with Gasteiger partial charge in [0.1, 0.15) is 12.4 Å². The van der Waals surface area contributed by atoms with Crippen molar-refractivity contribution in [3.63, 3.8) is 0 Å².